The summed E-state index contributed by atoms with van der Waals surface area (Å²) in [4.78, 5) is 19.6. The van der Waals surface area contributed by atoms with E-state index >= 15 is 0 Å². The Kier molecular flexibility index (Phi) is 9.22. The Morgan fingerprint density at radius 3 is 1.10 bits per heavy atom. The first-order valence-electron chi connectivity index (χ1n) is 2.91. The molecule has 0 atom stereocenters. The topological polar surface area (TPSA) is 34.1 Å². The van der Waals surface area contributed by atoms with Gasteiger partial charge in [-0.2, -0.15) is 0 Å². The molecule has 56 valence electrons. The molecule has 0 unspecified atom stereocenters. The average Bonchev–Trinajstić information content (AvgIpc) is 1.89. The third-order valence-corrected chi connectivity index (χ3v) is 0.746. The fourth-order valence-electron chi connectivity index (χ4n) is 0. The molecule has 0 aromatic rings. The van der Waals surface area contributed by atoms with Crippen molar-refractivity contribution in [2.24, 2.45) is 0 Å². The molecule has 0 heterocycles. The maximum absolute atomic E-state index is 9.79. The van der Waals surface area contributed by atoms with Gasteiger partial charge in [0.25, 0.3) is 0 Å². The molecule has 0 saturated carbocycles. The number of ketones is 2. The minimum atomic E-state index is -0.380. The molecule has 0 fully saturated rings. The Bertz CT molecular complexity index is 151. The van der Waals surface area contributed by atoms with Gasteiger partial charge in [-0.25, -0.2) is 0 Å². The highest BCUT2D eigenvalue weighted by atomic mass is 16.2. The summed E-state index contributed by atoms with van der Waals surface area (Å²) in [6.07, 6.45) is 0. The van der Waals surface area contributed by atoms with Crippen LogP contribution in [-0.2, 0) is 9.59 Å². The Morgan fingerprint density at radius 1 is 0.900 bits per heavy atom. The summed E-state index contributed by atoms with van der Waals surface area (Å²) >= 11 is 0. The van der Waals surface area contributed by atoms with Gasteiger partial charge in [-0.3, -0.25) is 9.59 Å². The molecule has 0 aromatic carbocycles. The Hall–Kier alpha value is -1.10. The molecule has 0 aliphatic rings. The summed E-state index contributed by atoms with van der Waals surface area (Å²) in [7, 11) is 0. The minimum absolute atomic E-state index is 0.380. The number of carbonyl (C=O) groups is 2. The summed E-state index contributed by atoms with van der Waals surface area (Å²) in [5.74, 6) is 4.60. The number of hydrogen-bond acceptors (Lipinski definition) is 2. The van der Waals surface area contributed by atoms with Crippen LogP contribution in [0, 0.1) is 11.8 Å². The summed E-state index contributed by atoms with van der Waals surface area (Å²) in [5, 5.41) is 0. The first-order valence-corrected chi connectivity index (χ1v) is 2.91. The van der Waals surface area contributed by atoms with E-state index in [1.165, 1.54) is 13.8 Å². The average molecular weight is 140 g/mol. The maximum Gasteiger partial charge on any atom is 0.195 e. The number of carbonyl (C=O) groups excluding carboxylic acids is 2. The molecule has 0 N–H and O–H groups in total. The number of Topliss-reactive ketones (excluding diaryl/α,β-unsaturated/α-hetero) is 2. The molecule has 0 rings (SSSR count). The maximum atomic E-state index is 9.79. The lowest BCUT2D eigenvalue weighted by molar-refractivity contribution is -0.134. The molecule has 0 spiro atoms. The van der Waals surface area contributed by atoms with E-state index in [4.69, 9.17) is 0 Å². The molecule has 0 radical (unpaired) electrons. The Balaban J connectivity index is 0. The predicted molar refractivity (Wildman–Crippen MR) is 40.5 cm³/mol. The van der Waals surface area contributed by atoms with Gasteiger partial charge >= 0.3 is 0 Å². The van der Waals surface area contributed by atoms with Crippen LogP contribution in [0.25, 0.3) is 0 Å². The highest BCUT2D eigenvalue weighted by Crippen LogP contribution is 1.66. The van der Waals surface area contributed by atoms with Crippen molar-refractivity contribution >= 4 is 11.6 Å². The van der Waals surface area contributed by atoms with Crippen molar-refractivity contribution in [2.75, 3.05) is 0 Å². The minimum Gasteiger partial charge on any atom is -0.291 e. The van der Waals surface area contributed by atoms with E-state index in [1.54, 1.807) is 0 Å². The first kappa shape index (κ1) is 11.7. The van der Waals surface area contributed by atoms with Gasteiger partial charge in [-0.05, 0) is 13.8 Å². The second kappa shape index (κ2) is 7.90. The van der Waals surface area contributed by atoms with Crippen LogP contribution in [0.5, 0.6) is 0 Å². The molecule has 0 bridgehead atoms. The zero-order chi connectivity index (χ0) is 8.57. The summed E-state index contributed by atoms with van der Waals surface area (Å²) < 4.78 is 0. The molecule has 0 aliphatic carbocycles. The van der Waals surface area contributed by atoms with E-state index in [9.17, 15) is 9.59 Å². The van der Waals surface area contributed by atoms with Gasteiger partial charge in [0.2, 0.25) is 0 Å². The third kappa shape index (κ3) is 15.8. The zero-order valence-electron chi connectivity index (χ0n) is 6.82. The normalized spacial score (nSPS) is 6.00. The highest BCUT2D eigenvalue weighted by Gasteiger charge is 1.94. The molecule has 2 heteroatoms. The van der Waals surface area contributed by atoms with E-state index in [-0.39, 0.29) is 11.6 Å². The molecule has 2 nitrogen and oxygen atoms in total. The van der Waals surface area contributed by atoms with Gasteiger partial charge in [-0.1, -0.05) is 0 Å². The Morgan fingerprint density at radius 2 is 1.10 bits per heavy atom. The standard InChI is InChI=1S/C4H6O2.C4H6/c1-3(5)4(2)6;1-3-4-2/h1-2H3;1-2H3. The van der Waals surface area contributed by atoms with E-state index in [2.05, 4.69) is 11.8 Å². The van der Waals surface area contributed by atoms with E-state index < -0.39 is 0 Å². The Labute approximate surface area is 61.6 Å². The van der Waals surface area contributed by atoms with E-state index in [1.807, 2.05) is 13.8 Å². The van der Waals surface area contributed by atoms with Crippen molar-refractivity contribution in [3.05, 3.63) is 0 Å². The van der Waals surface area contributed by atoms with E-state index in [0.29, 0.717) is 0 Å². The fraction of sp³-hybridized carbons (Fsp3) is 0.500. The van der Waals surface area contributed by atoms with Crippen LogP contribution in [-0.4, -0.2) is 11.6 Å². The smallest absolute Gasteiger partial charge is 0.195 e. The van der Waals surface area contributed by atoms with Crippen molar-refractivity contribution in [1.82, 2.24) is 0 Å². The van der Waals surface area contributed by atoms with Crippen LogP contribution in [0.1, 0.15) is 27.7 Å². The van der Waals surface area contributed by atoms with Gasteiger partial charge in [-0.15, -0.1) is 11.8 Å². The van der Waals surface area contributed by atoms with Crippen LogP contribution in [0.2, 0.25) is 0 Å². The first-order chi connectivity index (χ1) is 4.56. The lowest BCUT2D eigenvalue weighted by Crippen LogP contribution is -2.01. The quantitative estimate of drug-likeness (QED) is 0.405. The van der Waals surface area contributed by atoms with Crippen LogP contribution in [0.15, 0.2) is 0 Å². The largest absolute Gasteiger partial charge is 0.291 e. The molecule has 0 saturated heterocycles. The second-order valence-corrected chi connectivity index (χ2v) is 1.61. The predicted octanol–water partition coefficient (Wildman–Crippen LogP) is 1.19. The van der Waals surface area contributed by atoms with Gasteiger partial charge in [0.05, 0.1) is 0 Å². The summed E-state index contributed by atoms with van der Waals surface area (Å²) in [5.41, 5.74) is 0. The lowest BCUT2D eigenvalue weighted by atomic mass is 10.3. The van der Waals surface area contributed by atoms with Crippen LogP contribution in [0.3, 0.4) is 0 Å². The van der Waals surface area contributed by atoms with Crippen LogP contribution in [0.4, 0.5) is 0 Å². The van der Waals surface area contributed by atoms with E-state index in [0.717, 1.165) is 0 Å². The third-order valence-electron chi connectivity index (χ3n) is 0.746. The fourth-order valence-corrected chi connectivity index (χ4v) is 0. The van der Waals surface area contributed by atoms with Gasteiger partial charge in [0.15, 0.2) is 11.6 Å². The van der Waals surface area contributed by atoms with Crippen molar-refractivity contribution in [3.8, 4) is 11.8 Å². The number of rotatable bonds is 1. The monoisotopic (exact) mass is 140 g/mol. The highest BCUT2D eigenvalue weighted by molar-refractivity contribution is 6.35. The zero-order valence-corrected chi connectivity index (χ0v) is 6.82. The molecular formula is C8H12O2. The lowest BCUT2D eigenvalue weighted by Gasteiger charge is -1.73. The molecular weight excluding hydrogens is 128 g/mol. The van der Waals surface area contributed by atoms with Gasteiger partial charge in [0, 0.05) is 13.8 Å². The van der Waals surface area contributed by atoms with Crippen molar-refractivity contribution in [2.45, 2.75) is 27.7 Å². The molecule has 10 heavy (non-hydrogen) atoms. The molecule has 0 amide bonds. The van der Waals surface area contributed by atoms with Crippen molar-refractivity contribution in [1.29, 1.82) is 0 Å². The SMILES string of the molecule is CC#CC.CC(=O)C(C)=O. The molecule has 0 aromatic heterocycles. The van der Waals surface area contributed by atoms with Crippen LogP contribution >= 0.6 is 0 Å². The van der Waals surface area contributed by atoms with Crippen molar-refractivity contribution in [3.63, 3.8) is 0 Å². The van der Waals surface area contributed by atoms with Gasteiger partial charge < -0.3 is 0 Å². The summed E-state index contributed by atoms with van der Waals surface area (Å²) in [6.45, 7) is 6.14. The molecule has 0 aliphatic heterocycles. The van der Waals surface area contributed by atoms with Gasteiger partial charge in [0.1, 0.15) is 0 Å². The second-order valence-electron chi connectivity index (χ2n) is 1.61. The van der Waals surface area contributed by atoms with Crippen LogP contribution < -0.4 is 0 Å². The summed E-state index contributed by atoms with van der Waals surface area (Å²) in [6, 6.07) is 0. The van der Waals surface area contributed by atoms with Crippen molar-refractivity contribution < 1.29 is 9.59 Å². The number of hydrogen-bond donors (Lipinski definition) is 0.